The van der Waals surface area contributed by atoms with Crippen LogP contribution < -0.4 is 43.7 Å². The molecule has 0 spiro atoms. The van der Waals surface area contributed by atoms with E-state index in [0.29, 0.717) is 82.1 Å². The van der Waals surface area contributed by atoms with Gasteiger partial charge < -0.3 is 28.8 Å². The van der Waals surface area contributed by atoms with Crippen molar-refractivity contribution in [2.45, 2.75) is 20.1 Å². The van der Waals surface area contributed by atoms with Crippen molar-refractivity contribution in [3.8, 4) is 38.8 Å². The number of fused-ring (bicyclic) bond motifs is 3. The van der Waals surface area contributed by atoms with Crippen LogP contribution >= 0.6 is 11.3 Å². The third-order valence-electron chi connectivity index (χ3n) is 8.92. The molecule has 2 aromatic heterocycles. The van der Waals surface area contributed by atoms with Crippen LogP contribution in [0.1, 0.15) is 27.2 Å². The van der Waals surface area contributed by atoms with Crippen molar-refractivity contribution in [2.75, 3.05) is 33.1 Å². The maximum atomic E-state index is 14.8. The summed E-state index contributed by atoms with van der Waals surface area (Å²) in [6.07, 6.45) is 0. The van der Waals surface area contributed by atoms with E-state index in [-0.39, 0.29) is 38.0 Å². The van der Waals surface area contributed by atoms with Crippen molar-refractivity contribution in [1.82, 2.24) is 9.30 Å². The second-order valence-electron chi connectivity index (χ2n) is 11.9. The molecule has 8 rings (SSSR count). The molecule has 4 heterocycles. The maximum Gasteiger partial charge on any atom is 1.00 e. The molecular weight excluding hydrogens is 635 g/mol. The summed E-state index contributed by atoms with van der Waals surface area (Å²) in [7, 11) is 0. The van der Waals surface area contributed by atoms with Gasteiger partial charge in [0, 0.05) is 41.7 Å². The van der Waals surface area contributed by atoms with Crippen molar-refractivity contribution < 1.29 is 47.7 Å². The quantitative estimate of drug-likeness (QED) is 0.229. The Morgan fingerprint density at radius 3 is 2.49 bits per heavy atom. The molecule has 0 bridgehead atoms. The molecule has 0 unspecified atom stereocenters. The molecule has 11 heteroatoms. The minimum Gasteiger partial charge on any atom is -0.543 e. The van der Waals surface area contributed by atoms with Gasteiger partial charge >= 0.3 is 18.9 Å². The summed E-state index contributed by atoms with van der Waals surface area (Å²) >= 11 is 1.26. The molecule has 6 aromatic rings. The average molecular weight is 667 g/mol. The largest absolute Gasteiger partial charge is 1.00 e. The fraction of sp³-hybridized carbons (Fsp3) is 0.211. The van der Waals surface area contributed by atoms with Crippen LogP contribution in [-0.4, -0.2) is 48.4 Å². The Morgan fingerprint density at radius 2 is 1.67 bits per heavy atom. The molecule has 2 aliphatic rings. The first-order chi connectivity index (χ1) is 23.5. The van der Waals surface area contributed by atoms with Crippen molar-refractivity contribution in [3.05, 3.63) is 118 Å². The Balaban J connectivity index is 0.00000378. The first-order valence-electron chi connectivity index (χ1n) is 15.8. The molecule has 4 aromatic carbocycles. The van der Waals surface area contributed by atoms with Gasteiger partial charge in [-0.25, -0.2) is 0 Å². The van der Waals surface area contributed by atoms with Crippen LogP contribution in [0.2, 0.25) is 0 Å². The average Bonchev–Trinajstić information content (AvgIpc) is 3.74. The van der Waals surface area contributed by atoms with Crippen LogP contribution in [0.5, 0.6) is 17.2 Å². The van der Waals surface area contributed by atoms with E-state index in [2.05, 4.69) is 4.90 Å². The van der Waals surface area contributed by atoms with Crippen LogP contribution in [0.25, 0.3) is 37.2 Å². The van der Waals surface area contributed by atoms with E-state index in [9.17, 15) is 14.7 Å². The number of nitrogens with zero attached hydrogens (tertiary/aromatic N) is 2. The predicted molar refractivity (Wildman–Crippen MR) is 182 cm³/mol. The number of ether oxygens (including phenoxy) is 4. The molecule has 1 saturated heterocycles. The standard InChI is InChI=1S/C38H32N2O7S.Li/c1-23-6-4-9-26(18-23)35-34(38(42)43)40-36(41)28(20-39-14-16-44-17-15-39)29(21-45-30-11-5-8-24-7-2-3-10-27(24)30)33(37(40)48-35)25-12-13-31-32(19-25)47-22-46-31;/h2-13,18-19H,14-17,20-22H2,1H3,(H,42,43);/q;+1/p-1. The number of carboxylic acids is 1. The molecule has 242 valence electrons. The first kappa shape index (κ1) is 33.0. The smallest absolute Gasteiger partial charge is 0.543 e. The monoisotopic (exact) mass is 666 g/mol. The fourth-order valence-corrected chi connectivity index (χ4v) is 7.90. The van der Waals surface area contributed by atoms with E-state index in [1.54, 1.807) is 0 Å². The number of morpholine rings is 1. The molecule has 9 nitrogen and oxygen atoms in total. The number of carboxylic acid groups (broad SMARTS) is 1. The predicted octanol–water partition coefficient (Wildman–Crippen LogP) is 2.66. The van der Waals surface area contributed by atoms with Crippen LogP contribution in [0.4, 0.5) is 0 Å². The minimum absolute atomic E-state index is 0. The van der Waals surface area contributed by atoms with E-state index < -0.39 is 11.5 Å². The number of carbonyl (C=O) groups is 1. The minimum atomic E-state index is -1.42. The van der Waals surface area contributed by atoms with Crippen LogP contribution in [0.3, 0.4) is 0 Å². The number of hydrogen-bond acceptors (Lipinski definition) is 9. The SMILES string of the molecule is Cc1cccc(-c2sc3c(-c4ccc5c(c4)OCO5)c(COc4cccc5ccccc45)c(CN4CCOCC4)c(=O)n3c2C(=O)[O-])c1.[Li+]. The van der Waals surface area contributed by atoms with Crippen molar-refractivity contribution in [1.29, 1.82) is 0 Å². The van der Waals surface area contributed by atoms with Gasteiger partial charge in [0.1, 0.15) is 17.2 Å². The Morgan fingerprint density at radius 1 is 0.898 bits per heavy atom. The molecular formula is C38H31LiN2O7S. The molecule has 0 radical (unpaired) electrons. The van der Waals surface area contributed by atoms with Crippen molar-refractivity contribution in [2.24, 2.45) is 0 Å². The zero-order valence-corrected chi connectivity index (χ0v) is 28.0. The zero-order chi connectivity index (χ0) is 32.8. The zero-order valence-electron chi connectivity index (χ0n) is 27.2. The number of aromatic nitrogens is 1. The first-order valence-corrected chi connectivity index (χ1v) is 16.6. The van der Waals surface area contributed by atoms with Gasteiger partial charge in [0.25, 0.3) is 5.56 Å². The van der Waals surface area contributed by atoms with Gasteiger partial charge in [0.05, 0.1) is 29.8 Å². The van der Waals surface area contributed by atoms with E-state index >= 15 is 0 Å². The number of pyridine rings is 1. The number of rotatable bonds is 8. The van der Waals surface area contributed by atoms with Gasteiger partial charge in [0.2, 0.25) is 6.79 Å². The molecule has 0 amide bonds. The van der Waals surface area contributed by atoms with Crippen LogP contribution in [-0.2, 0) is 17.9 Å². The Kier molecular flexibility index (Phi) is 9.25. The third kappa shape index (κ3) is 6.12. The normalized spacial score (nSPS) is 14.2. The maximum absolute atomic E-state index is 14.8. The summed E-state index contributed by atoms with van der Waals surface area (Å²) in [6, 6.07) is 27.1. The second kappa shape index (κ2) is 13.7. The molecule has 0 N–H and O–H groups in total. The van der Waals surface area contributed by atoms with Gasteiger partial charge in [-0.1, -0.05) is 72.3 Å². The Bertz CT molecular complexity index is 2270. The summed E-state index contributed by atoms with van der Waals surface area (Å²) in [4.78, 5) is 30.8. The van der Waals surface area contributed by atoms with Crippen molar-refractivity contribution in [3.63, 3.8) is 0 Å². The number of thiazole rings is 1. The number of hydrogen-bond donors (Lipinski definition) is 0. The Labute approximate surface area is 298 Å². The van der Waals surface area contributed by atoms with Crippen LogP contribution in [0.15, 0.2) is 89.7 Å². The number of carbonyl (C=O) groups excluding carboxylic acids is 1. The van der Waals surface area contributed by atoms with E-state index in [1.165, 1.54) is 15.7 Å². The summed E-state index contributed by atoms with van der Waals surface area (Å²) in [5, 5.41) is 15.0. The number of aryl methyl sites for hydroxylation is 1. The van der Waals surface area contributed by atoms with Gasteiger partial charge in [0.15, 0.2) is 11.5 Å². The van der Waals surface area contributed by atoms with Gasteiger partial charge in [-0.15, -0.1) is 11.3 Å². The molecule has 1 fully saturated rings. The van der Waals surface area contributed by atoms with E-state index in [1.807, 2.05) is 91.9 Å². The number of benzene rings is 4. The van der Waals surface area contributed by atoms with Crippen molar-refractivity contribution >= 4 is 32.9 Å². The summed E-state index contributed by atoms with van der Waals surface area (Å²) in [6.45, 7) is 4.77. The van der Waals surface area contributed by atoms with Gasteiger partial charge in [-0.2, -0.15) is 0 Å². The van der Waals surface area contributed by atoms with Crippen LogP contribution in [0, 0.1) is 6.92 Å². The second-order valence-corrected chi connectivity index (χ2v) is 12.9. The molecule has 49 heavy (non-hydrogen) atoms. The molecule has 0 saturated carbocycles. The van der Waals surface area contributed by atoms with E-state index in [0.717, 1.165) is 21.9 Å². The fourth-order valence-electron chi connectivity index (χ4n) is 6.59. The summed E-state index contributed by atoms with van der Waals surface area (Å²) in [5.74, 6) is 0.452. The molecule has 2 aliphatic heterocycles. The molecule has 0 atom stereocenters. The third-order valence-corrected chi connectivity index (χ3v) is 10.1. The number of aromatic carboxylic acids is 1. The van der Waals surface area contributed by atoms with Gasteiger partial charge in [-0.05, 0) is 41.6 Å². The Hall–Kier alpha value is -4.56. The van der Waals surface area contributed by atoms with Gasteiger partial charge in [-0.3, -0.25) is 14.1 Å². The molecule has 0 aliphatic carbocycles. The summed E-state index contributed by atoms with van der Waals surface area (Å²) in [5.41, 5.74) is 3.67. The topological polar surface area (TPSA) is 102 Å². The van der Waals surface area contributed by atoms with E-state index in [4.69, 9.17) is 18.9 Å². The summed E-state index contributed by atoms with van der Waals surface area (Å²) < 4.78 is 24.9.